The molecule has 0 amide bonds. The zero-order valence-corrected chi connectivity index (χ0v) is 20.8. The van der Waals surface area contributed by atoms with E-state index in [4.69, 9.17) is 42.1 Å². The third-order valence-corrected chi connectivity index (χ3v) is 5.80. The zero-order valence-electron chi connectivity index (χ0n) is 19.3. The van der Waals surface area contributed by atoms with Gasteiger partial charge in [-0.05, 0) is 80.7 Å². The predicted octanol–water partition coefficient (Wildman–Crippen LogP) is 7.03. The molecule has 2 aromatic carbocycles. The Morgan fingerprint density at radius 3 is 1.58 bits per heavy atom. The monoisotopic (exact) mass is 490 g/mol. The smallest absolute Gasteiger partial charge is 0.185 e. The van der Waals surface area contributed by atoms with Crippen LogP contribution in [-0.4, -0.2) is 33.2 Å². The first-order valence-corrected chi connectivity index (χ1v) is 11.6. The maximum atomic E-state index is 13.2. The summed E-state index contributed by atoms with van der Waals surface area (Å²) in [5.74, 6) is 2.08. The summed E-state index contributed by atoms with van der Waals surface area (Å²) >= 11 is 12.8. The summed E-state index contributed by atoms with van der Waals surface area (Å²) in [6.07, 6.45) is 5.98. The van der Waals surface area contributed by atoms with Gasteiger partial charge in [0.05, 0.1) is 37.5 Å². The molecule has 176 valence electrons. The Kier molecular flexibility index (Phi) is 8.70. The molecule has 0 spiro atoms. The van der Waals surface area contributed by atoms with Crippen LogP contribution >= 0.6 is 23.2 Å². The SMILES string of the molecule is CCOc1c(Cl)cc(/C=C2\CCC/C(=C\c3cc(Cl)c(OCC)c(OC)c3)C2=O)cc1OC. The van der Waals surface area contributed by atoms with Crippen LogP contribution in [0.3, 0.4) is 0 Å². The van der Waals surface area contributed by atoms with Crippen LogP contribution in [0.15, 0.2) is 35.4 Å². The van der Waals surface area contributed by atoms with Crippen molar-refractivity contribution in [2.75, 3.05) is 27.4 Å². The summed E-state index contributed by atoms with van der Waals surface area (Å²) in [7, 11) is 3.13. The lowest BCUT2D eigenvalue weighted by molar-refractivity contribution is -0.112. The largest absolute Gasteiger partial charge is 0.493 e. The van der Waals surface area contributed by atoms with Crippen molar-refractivity contribution in [2.24, 2.45) is 0 Å². The highest BCUT2D eigenvalue weighted by Gasteiger charge is 2.22. The van der Waals surface area contributed by atoms with E-state index in [1.165, 1.54) is 0 Å². The Morgan fingerprint density at radius 2 is 1.21 bits per heavy atom. The van der Waals surface area contributed by atoms with Crippen molar-refractivity contribution in [3.8, 4) is 23.0 Å². The highest BCUT2D eigenvalue weighted by atomic mass is 35.5. The van der Waals surface area contributed by atoms with Crippen LogP contribution in [0.25, 0.3) is 12.2 Å². The van der Waals surface area contributed by atoms with Crippen molar-refractivity contribution in [1.29, 1.82) is 0 Å². The molecule has 0 atom stereocenters. The molecule has 1 aliphatic carbocycles. The first-order valence-electron chi connectivity index (χ1n) is 10.9. The van der Waals surface area contributed by atoms with E-state index >= 15 is 0 Å². The summed E-state index contributed by atoms with van der Waals surface area (Å²) in [5, 5.41) is 0.886. The van der Waals surface area contributed by atoms with Gasteiger partial charge in [0.25, 0.3) is 0 Å². The Balaban J connectivity index is 1.93. The van der Waals surface area contributed by atoms with Crippen molar-refractivity contribution in [2.45, 2.75) is 33.1 Å². The lowest BCUT2D eigenvalue weighted by Gasteiger charge is -2.18. The molecular weight excluding hydrogens is 463 g/mol. The van der Waals surface area contributed by atoms with E-state index in [0.29, 0.717) is 59.1 Å². The van der Waals surface area contributed by atoms with Crippen molar-refractivity contribution in [3.63, 3.8) is 0 Å². The van der Waals surface area contributed by atoms with E-state index in [2.05, 4.69) is 0 Å². The van der Waals surface area contributed by atoms with Crippen LogP contribution in [-0.2, 0) is 4.79 Å². The summed E-state index contributed by atoms with van der Waals surface area (Å²) in [5.41, 5.74) is 3.02. The average molecular weight is 491 g/mol. The number of allylic oxidation sites excluding steroid dienone is 2. The molecule has 0 saturated heterocycles. The van der Waals surface area contributed by atoms with Gasteiger partial charge in [-0.1, -0.05) is 23.2 Å². The molecule has 0 bridgehead atoms. The molecule has 2 aromatic rings. The van der Waals surface area contributed by atoms with Gasteiger partial charge in [0.15, 0.2) is 28.8 Å². The van der Waals surface area contributed by atoms with Crippen molar-refractivity contribution in [3.05, 3.63) is 56.6 Å². The fourth-order valence-corrected chi connectivity index (χ4v) is 4.34. The molecule has 5 nitrogen and oxygen atoms in total. The second-order valence-corrected chi connectivity index (χ2v) is 8.27. The molecule has 0 unspecified atom stereocenters. The number of carbonyl (C=O) groups excluding carboxylic acids is 1. The Hall–Kier alpha value is -2.63. The molecule has 0 aliphatic heterocycles. The van der Waals surface area contributed by atoms with Gasteiger partial charge < -0.3 is 18.9 Å². The van der Waals surface area contributed by atoms with Gasteiger partial charge in [0, 0.05) is 11.1 Å². The quantitative estimate of drug-likeness (QED) is 0.371. The molecule has 0 heterocycles. The summed E-state index contributed by atoms with van der Waals surface area (Å²) in [6.45, 7) is 4.72. The number of rotatable bonds is 8. The lowest BCUT2D eigenvalue weighted by atomic mass is 9.87. The molecular formula is C26H28Cl2O5. The van der Waals surface area contributed by atoms with Gasteiger partial charge in [-0.25, -0.2) is 0 Å². The van der Waals surface area contributed by atoms with Gasteiger partial charge in [-0.15, -0.1) is 0 Å². The van der Waals surface area contributed by atoms with Crippen LogP contribution in [0.5, 0.6) is 23.0 Å². The number of ketones is 1. The molecule has 1 aliphatic rings. The highest BCUT2D eigenvalue weighted by Crippen LogP contribution is 2.39. The van der Waals surface area contributed by atoms with E-state index in [1.807, 2.05) is 38.1 Å². The van der Waals surface area contributed by atoms with Gasteiger partial charge in [0.1, 0.15) is 0 Å². The lowest BCUT2D eigenvalue weighted by Crippen LogP contribution is -2.12. The predicted molar refractivity (Wildman–Crippen MR) is 133 cm³/mol. The molecule has 0 N–H and O–H groups in total. The fraction of sp³-hybridized carbons (Fsp3) is 0.346. The number of carbonyl (C=O) groups is 1. The van der Waals surface area contributed by atoms with Gasteiger partial charge in [0.2, 0.25) is 0 Å². The van der Waals surface area contributed by atoms with Crippen LogP contribution in [0.1, 0.15) is 44.2 Å². The van der Waals surface area contributed by atoms with Crippen LogP contribution in [0.2, 0.25) is 10.0 Å². The number of hydrogen-bond donors (Lipinski definition) is 0. The molecule has 7 heteroatoms. The Bertz CT molecular complexity index is 1010. The van der Waals surface area contributed by atoms with Gasteiger partial charge in [-0.2, -0.15) is 0 Å². The average Bonchev–Trinajstić information content (AvgIpc) is 2.79. The maximum Gasteiger partial charge on any atom is 0.185 e. The second-order valence-electron chi connectivity index (χ2n) is 7.46. The summed E-state index contributed by atoms with van der Waals surface area (Å²) < 4.78 is 22.0. The first kappa shape index (κ1) is 25.0. The van der Waals surface area contributed by atoms with Crippen molar-refractivity contribution in [1.82, 2.24) is 0 Å². The number of hydrogen-bond acceptors (Lipinski definition) is 5. The van der Waals surface area contributed by atoms with E-state index in [9.17, 15) is 4.79 Å². The standard InChI is InChI=1S/C26H28Cl2O5/c1-5-32-25-20(27)12-16(14-22(25)30-3)10-18-8-7-9-19(24(18)29)11-17-13-21(28)26(33-6-2)23(15-17)31-4/h10-15H,5-9H2,1-4H3/b18-10+,19-11+. The number of ether oxygens (including phenoxy) is 4. The number of halogens is 2. The maximum absolute atomic E-state index is 13.2. The van der Waals surface area contributed by atoms with Crippen molar-refractivity contribution < 1.29 is 23.7 Å². The van der Waals surface area contributed by atoms with E-state index in [-0.39, 0.29) is 5.78 Å². The minimum Gasteiger partial charge on any atom is -0.493 e. The normalized spacial score (nSPS) is 16.2. The van der Waals surface area contributed by atoms with Gasteiger partial charge >= 0.3 is 0 Å². The Labute approximate surface area is 204 Å². The fourth-order valence-electron chi connectivity index (χ4n) is 3.80. The van der Waals surface area contributed by atoms with Crippen LogP contribution < -0.4 is 18.9 Å². The topological polar surface area (TPSA) is 54.0 Å². The number of Topliss-reactive ketones (excluding diaryl/α,β-unsaturated/α-hetero) is 1. The third kappa shape index (κ3) is 5.84. The number of benzene rings is 2. The van der Waals surface area contributed by atoms with Gasteiger partial charge in [-0.3, -0.25) is 4.79 Å². The van der Waals surface area contributed by atoms with Crippen molar-refractivity contribution >= 4 is 41.1 Å². The second kappa shape index (κ2) is 11.5. The highest BCUT2D eigenvalue weighted by molar-refractivity contribution is 6.33. The van der Waals surface area contributed by atoms with Crippen LogP contribution in [0.4, 0.5) is 0 Å². The summed E-state index contributed by atoms with van der Waals surface area (Å²) in [4.78, 5) is 13.2. The van der Waals surface area contributed by atoms with E-state index in [0.717, 1.165) is 28.7 Å². The molecule has 0 aromatic heterocycles. The summed E-state index contributed by atoms with van der Waals surface area (Å²) in [6, 6.07) is 7.22. The Morgan fingerprint density at radius 1 is 0.788 bits per heavy atom. The molecule has 1 fully saturated rings. The first-order chi connectivity index (χ1) is 15.9. The van der Waals surface area contributed by atoms with E-state index < -0.39 is 0 Å². The molecule has 3 rings (SSSR count). The zero-order chi connectivity index (χ0) is 24.0. The molecule has 33 heavy (non-hydrogen) atoms. The molecule has 1 saturated carbocycles. The minimum absolute atomic E-state index is 0.00852. The van der Waals surface area contributed by atoms with Crippen LogP contribution in [0, 0.1) is 0 Å². The minimum atomic E-state index is 0.00852. The third-order valence-electron chi connectivity index (χ3n) is 5.24. The number of methoxy groups -OCH3 is 2. The van der Waals surface area contributed by atoms with E-state index in [1.54, 1.807) is 26.4 Å². The molecule has 0 radical (unpaired) electrons.